The van der Waals surface area contributed by atoms with Crippen LogP contribution < -0.4 is 15.4 Å². The lowest BCUT2D eigenvalue weighted by Crippen LogP contribution is -2.41. The van der Waals surface area contributed by atoms with Gasteiger partial charge in [-0.15, -0.1) is 0 Å². The molecule has 0 unspecified atom stereocenters. The van der Waals surface area contributed by atoms with Gasteiger partial charge < -0.3 is 15.4 Å². The Bertz CT molecular complexity index is 442. The molecule has 5 heteroatoms. The predicted octanol–water partition coefficient (Wildman–Crippen LogP) is 3.07. The summed E-state index contributed by atoms with van der Waals surface area (Å²) in [6.07, 6.45) is 0. The van der Waals surface area contributed by atoms with Crippen LogP contribution in [-0.4, -0.2) is 24.6 Å². The predicted molar refractivity (Wildman–Crippen MR) is 79.0 cm³/mol. The van der Waals surface area contributed by atoms with Gasteiger partial charge in [0.2, 0.25) is 5.91 Å². The molecule has 0 atom stereocenters. The van der Waals surface area contributed by atoms with Crippen LogP contribution in [0, 0.1) is 0 Å². The van der Waals surface area contributed by atoms with Gasteiger partial charge in [0, 0.05) is 11.2 Å². The van der Waals surface area contributed by atoms with Crippen LogP contribution in [-0.2, 0) is 4.79 Å². The van der Waals surface area contributed by atoms with E-state index in [-0.39, 0.29) is 18.0 Å². The lowest BCUT2D eigenvalue weighted by molar-refractivity contribution is -0.115. The van der Waals surface area contributed by atoms with Gasteiger partial charge in [0.15, 0.2) is 0 Å². The summed E-state index contributed by atoms with van der Waals surface area (Å²) in [5, 5.41) is 6.39. The maximum absolute atomic E-state index is 11.7. The van der Waals surface area contributed by atoms with Gasteiger partial charge in [-0.25, -0.2) is 0 Å². The molecule has 1 amide bonds. The molecule has 0 aliphatic carbocycles. The number of carbonyl (C=O) groups is 1. The van der Waals surface area contributed by atoms with Gasteiger partial charge in [-0.05, 0) is 45.9 Å². The third-order valence-electron chi connectivity index (χ3n) is 2.29. The van der Waals surface area contributed by atoms with Crippen LogP contribution in [0.2, 0.25) is 5.02 Å². The number of hydrogen-bond acceptors (Lipinski definition) is 3. The summed E-state index contributed by atoms with van der Waals surface area (Å²) >= 11 is 6.05. The molecule has 0 saturated carbocycles. The average molecular weight is 285 g/mol. The highest BCUT2D eigenvalue weighted by molar-refractivity contribution is 6.32. The monoisotopic (exact) mass is 284 g/mol. The molecular weight excluding hydrogens is 264 g/mol. The number of amides is 1. The van der Waals surface area contributed by atoms with E-state index in [0.29, 0.717) is 23.1 Å². The van der Waals surface area contributed by atoms with Crippen molar-refractivity contribution in [2.45, 2.75) is 33.2 Å². The Kier molecular flexibility index (Phi) is 5.63. The van der Waals surface area contributed by atoms with Crippen LogP contribution >= 0.6 is 11.6 Å². The number of ether oxygens (including phenoxy) is 1. The second-order valence-corrected chi connectivity index (χ2v) is 5.64. The van der Waals surface area contributed by atoms with E-state index in [1.54, 1.807) is 18.2 Å². The van der Waals surface area contributed by atoms with E-state index in [1.807, 2.05) is 27.7 Å². The van der Waals surface area contributed by atoms with Crippen molar-refractivity contribution in [3.63, 3.8) is 0 Å². The molecule has 0 fully saturated rings. The summed E-state index contributed by atoms with van der Waals surface area (Å²) in [5.74, 6) is 0.519. The van der Waals surface area contributed by atoms with Gasteiger partial charge >= 0.3 is 0 Å². The first kappa shape index (κ1) is 15.8. The number of hydrogen-bond donors (Lipinski definition) is 2. The average Bonchev–Trinajstić information content (AvgIpc) is 2.29. The van der Waals surface area contributed by atoms with Crippen LogP contribution in [0.1, 0.15) is 27.7 Å². The van der Waals surface area contributed by atoms with Gasteiger partial charge in [0.05, 0.1) is 18.2 Å². The Morgan fingerprint density at radius 2 is 2.05 bits per heavy atom. The van der Waals surface area contributed by atoms with Gasteiger partial charge in [-0.1, -0.05) is 11.6 Å². The van der Waals surface area contributed by atoms with E-state index in [4.69, 9.17) is 16.3 Å². The van der Waals surface area contributed by atoms with Crippen LogP contribution in [0.3, 0.4) is 0 Å². The van der Waals surface area contributed by atoms with Crippen molar-refractivity contribution in [1.82, 2.24) is 5.32 Å². The molecule has 1 aromatic rings. The van der Waals surface area contributed by atoms with Crippen molar-refractivity contribution in [3.05, 3.63) is 23.2 Å². The first-order valence-corrected chi connectivity index (χ1v) is 6.67. The fraction of sp³-hybridized carbons (Fsp3) is 0.500. The highest BCUT2D eigenvalue weighted by atomic mass is 35.5. The van der Waals surface area contributed by atoms with E-state index in [0.717, 1.165) is 0 Å². The van der Waals surface area contributed by atoms with Gasteiger partial charge in [-0.3, -0.25) is 4.79 Å². The Hall–Kier alpha value is -1.26. The minimum absolute atomic E-state index is 0.0895. The molecule has 0 radical (unpaired) electrons. The number of anilines is 1. The normalized spacial score (nSPS) is 11.2. The molecule has 0 spiro atoms. The van der Waals surface area contributed by atoms with Crippen molar-refractivity contribution >= 4 is 23.2 Å². The largest absolute Gasteiger partial charge is 0.492 e. The maximum atomic E-state index is 11.7. The summed E-state index contributed by atoms with van der Waals surface area (Å²) in [7, 11) is 0. The van der Waals surface area contributed by atoms with Crippen LogP contribution in [0.5, 0.6) is 5.75 Å². The first-order chi connectivity index (χ1) is 8.81. The number of benzene rings is 1. The molecule has 0 heterocycles. The van der Waals surface area contributed by atoms with Gasteiger partial charge in [0.25, 0.3) is 0 Å². The molecule has 4 nitrogen and oxygen atoms in total. The van der Waals surface area contributed by atoms with E-state index < -0.39 is 0 Å². The zero-order valence-electron chi connectivity index (χ0n) is 11.8. The molecule has 106 valence electrons. The molecule has 0 aliphatic rings. The van der Waals surface area contributed by atoms with Crippen LogP contribution in [0.4, 0.5) is 5.69 Å². The molecule has 1 rings (SSSR count). The topological polar surface area (TPSA) is 50.4 Å². The van der Waals surface area contributed by atoms with Crippen molar-refractivity contribution in [2.75, 3.05) is 18.5 Å². The second-order valence-electron chi connectivity index (χ2n) is 5.23. The first-order valence-electron chi connectivity index (χ1n) is 6.29. The summed E-state index contributed by atoms with van der Waals surface area (Å²) in [6, 6.07) is 5.20. The van der Waals surface area contributed by atoms with Crippen molar-refractivity contribution in [3.8, 4) is 5.75 Å². The van der Waals surface area contributed by atoms with E-state index in [1.165, 1.54) is 0 Å². The molecule has 19 heavy (non-hydrogen) atoms. The highest BCUT2D eigenvalue weighted by Crippen LogP contribution is 2.27. The summed E-state index contributed by atoms with van der Waals surface area (Å²) in [5.41, 5.74) is 0.572. The number of carbonyl (C=O) groups excluding carboxylic acids is 1. The fourth-order valence-electron chi connectivity index (χ4n) is 1.40. The lowest BCUT2D eigenvalue weighted by Gasteiger charge is -2.20. The smallest absolute Gasteiger partial charge is 0.238 e. The maximum Gasteiger partial charge on any atom is 0.238 e. The Morgan fingerprint density at radius 3 is 2.58 bits per heavy atom. The zero-order chi connectivity index (χ0) is 14.5. The minimum Gasteiger partial charge on any atom is -0.492 e. The number of rotatable bonds is 5. The highest BCUT2D eigenvalue weighted by Gasteiger charge is 2.11. The van der Waals surface area contributed by atoms with Crippen molar-refractivity contribution in [1.29, 1.82) is 0 Å². The zero-order valence-corrected chi connectivity index (χ0v) is 12.6. The van der Waals surface area contributed by atoms with E-state index in [9.17, 15) is 4.79 Å². The van der Waals surface area contributed by atoms with Crippen LogP contribution in [0.25, 0.3) is 0 Å². The molecule has 0 aromatic heterocycles. The minimum atomic E-state index is -0.102. The Balaban J connectivity index is 2.58. The van der Waals surface area contributed by atoms with Crippen LogP contribution in [0.15, 0.2) is 18.2 Å². The second kappa shape index (κ2) is 6.78. The standard InChI is InChI=1S/C14H21ClN2O2/c1-5-19-12-7-6-10(8-11(12)15)17-13(18)9-16-14(2,3)4/h6-8,16H,5,9H2,1-4H3,(H,17,18). The molecular formula is C14H21ClN2O2. The quantitative estimate of drug-likeness (QED) is 0.874. The molecule has 0 bridgehead atoms. The Labute approximate surface area is 119 Å². The third kappa shape index (κ3) is 5.94. The molecule has 1 aromatic carbocycles. The van der Waals surface area contributed by atoms with Crippen molar-refractivity contribution < 1.29 is 9.53 Å². The van der Waals surface area contributed by atoms with Gasteiger partial charge in [-0.2, -0.15) is 0 Å². The Morgan fingerprint density at radius 1 is 1.37 bits per heavy atom. The molecule has 0 aliphatic heterocycles. The fourth-order valence-corrected chi connectivity index (χ4v) is 1.64. The van der Waals surface area contributed by atoms with E-state index in [2.05, 4.69) is 10.6 Å². The van der Waals surface area contributed by atoms with E-state index >= 15 is 0 Å². The number of halogens is 1. The summed E-state index contributed by atoms with van der Waals surface area (Å²) in [4.78, 5) is 11.7. The van der Waals surface area contributed by atoms with Crippen molar-refractivity contribution in [2.24, 2.45) is 0 Å². The summed E-state index contributed by atoms with van der Waals surface area (Å²) < 4.78 is 5.33. The molecule has 2 N–H and O–H groups in total. The lowest BCUT2D eigenvalue weighted by atomic mass is 10.1. The number of nitrogens with one attached hydrogen (secondary N) is 2. The third-order valence-corrected chi connectivity index (χ3v) is 2.59. The SMILES string of the molecule is CCOc1ccc(NC(=O)CNC(C)(C)C)cc1Cl. The van der Waals surface area contributed by atoms with Gasteiger partial charge in [0.1, 0.15) is 5.75 Å². The molecule has 0 saturated heterocycles. The summed E-state index contributed by atoms with van der Waals surface area (Å²) in [6.45, 7) is 8.73.